The fourth-order valence-corrected chi connectivity index (χ4v) is 22.4. The highest BCUT2D eigenvalue weighted by Gasteiger charge is 2.58. The molecule has 1 saturated carbocycles. The van der Waals surface area contributed by atoms with E-state index in [1.165, 1.54) is 26.6 Å². The fraction of sp³-hybridized carbons (Fsp3) is 0.383. The Morgan fingerprint density at radius 2 is 1.10 bits per heavy atom. The molecule has 8 rings (SSSR count). The van der Waals surface area contributed by atoms with E-state index in [9.17, 15) is 0 Å². The third-order valence-corrected chi connectivity index (χ3v) is 27.3. The molecule has 2 atom stereocenters. The SMILES string of the molecule is CCc1ccccc1[C@H](CC1C(=O)N(C(C)(C)C(=O)O[Si](c2ccccc2)(c2ccccc2)C(C)(C)C)C(=O)c2c1sc(Br)c2C)OC1CCC(O[Si](c2ccccc2)(c2ccccc2)C(C)(C)C)CC1. The van der Waals surface area contributed by atoms with Gasteiger partial charge in [0.1, 0.15) is 5.54 Å². The zero-order chi connectivity index (χ0) is 50.9. The van der Waals surface area contributed by atoms with Crippen LogP contribution < -0.4 is 20.7 Å². The largest absolute Gasteiger partial charge is 0.508 e. The Kier molecular flexibility index (Phi) is 15.5. The minimum Gasteiger partial charge on any atom is -0.508 e. The summed E-state index contributed by atoms with van der Waals surface area (Å²) in [6.45, 7) is 20.7. The van der Waals surface area contributed by atoms with Gasteiger partial charge in [0.25, 0.3) is 14.2 Å². The second-order valence-electron chi connectivity index (χ2n) is 22.0. The van der Waals surface area contributed by atoms with Crippen LogP contribution in [0.2, 0.25) is 10.1 Å². The molecule has 0 saturated heterocycles. The van der Waals surface area contributed by atoms with Crippen LogP contribution >= 0.6 is 27.3 Å². The van der Waals surface area contributed by atoms with Gasteiger partial charge in [-0.25, -0.2) is 0 Å². The van der Waals surface area contributed by atoms with Crippen LogP contribution in [-0.2, 0) is 29.6 Å². The number of nitrogens with zero attached hydrogens (tertiary/aromatic N) is 1. The van der Waals surface area contributed by atoms with E-state index in [0.717, 1.165) is 63.0 Å². The van der Waals surface area contributed by atoms with Gasteiger partial charge >= 0.3 is 14.3 Å². The van der Waals surface area contributed by atoms with Crippen molar-refractivity contribution in [3.63, 3.8) is 0 Å². The Labute approximate surface area is 436 Å². The van der Waals surface area contributed by atoms with Crippen LogP contribution in [0.1, 0.15) is 138 Å². The molecule has 0 bridgehead atoms. The number of carbonyl (C=O) groups is 3. The molecule has 1 unspecified atom stereocenters. The first-order chi connectivity index (χ1) is 33.8. The van der Waals surface area contributed by atoms with Gasteiger partial charge in [-0.15, -0.1) is 11.3 Å². The van der Waals surface area contributed by atoms with Crippen LogP contribution in [-0.4, -0.2) is 57.1 Å². The molecule has 2 heterocycles. The first-order valence-electron chi connectivity index (χ1n) is 25.3. The third-order valence-electron chi connectivity index (χ3n) is 15.1. The van der Waals surface area contributed by atoms with Crippen molar-refractivity contribution in [2.75, 3.05) is 0 Å². The average molecular weight is 1070 g/mol. The quantitative estimate of drug-likeness (QED) is 0.0753. The highest BCUT2D eigenvalue weighted by molar-refractivity contribution is 9.11. The summed E-state index contributed by atoms with van der Waals surface area (Å²) in [5, 5.41) is 3.73. The molecule has 11 heteroatoms. The lowest BCUT2D eigenvalue weighted by molar-refractivity contribution is -0.153. The number of imide groups is 1. The predicted molar refractivity (Wildman–Crippen MR) is 297 cm³/mol. The van der Waals surface area contributed by atoms with E-state index in [1.807, 2.05) is 73.7 Å². The zero-order valence-electron chi connectivity index (χ0n) is 43.1. The zero-order valence-corrected chi connectivity index (χ0v) is 47.5. The van der Waals surface area contributed by atoms with Crippen molar-refractivity contribution in [3.05, 3.63) is 177 Å². The van der Waals surface area contributed by atoms with Gasteiger partial charge in [0.05, 0.1) is 27.5 Å². The van der Waals surface area contributed by atoms with Gasteiger partial charge in [-0.1, -0.05) is 194 Å². The molecule has 1 aliphatic carbocycles. The van der Waals surface area contributed by atoms with E-state index in [1.54, 1.807) is 13.8 Å². The highest BCUT2D eigenvalue weighted by Crippen LogP contribution is 2.49. The Bertz CT molecular complexity index is 2740. The molecule has 1 fully saturated rings. The minimum atomic E-state index is -3.42. The van der Waals surface area contributed by atoms with Gasteiger partial charge in [0.15, 0.2) is 0 Å². The van der Waals surface area contributed by atoms with Crippen LogP contribution in [0.5, 0.6) is 0 Å². The summed E-state index contributed by atoms with van der Waals surface area (Å²) in [6, 6.07) is 49.9. The van der Waals surface area contributed by atoms with Crippen LogP contribution in [0.4, 0.5) is 0 Å². The molecule has 1 aromatic heterocycles. The number of rotatable bonds is 15. The molecule has 0 spiro atoms. The summed E-state index contributed by atoms with van der Waals surface area (Å²) in [5.41, 5.74) is 1.71. The van der Waals surface area contributed by atoms with Gasteiger partial charge in [-0.05, 0) is 123 Å². The van der Waals surface area contributed by atoms with Crippen molar-refractivity contribution < 1.29 is 28.0 Å². The molecule has 2 aliphatic rings. The maximum absolute atomic E-state index is 15.6. The number of thiophene rings is 1. The number of fused-ring (bicyclic) bond motifs is 1. The number of amides is 2. The summed E-state index contributed by atoms with van der Waals surface area (Å²) in [6.07, 6.45) is 3.83. The normalized spacial score (nSPS) is 18.5. The highest BCUT2D eigenvalue weighted by atomic mass is 79.9. The van der Waals surface area contributed by atoms with E-state index in [4.69, 9.17) is 13.6 Å². The molecular formula is C60H70BrNO6SSi2. The lowest BCUT2D eigenvalue weighted by Gasteiger charge is -2.46. The van der Waals surface area contributed by atoms with Crippen molar-refractivity contribution >= 4 is 82.4 Å². The molecule has 1 aliphatic heterocycles. The monoisotopic (exact) mass is 1070 g/mol. The van der Waals surface area contributed by atoms with E-state index < -0.39 is 57.0 Å². The van der Waals surface area contributed by atoms with Crippen molar-refractivity contribution in [1.29, 1.82) is 0 Å². The number of ether oxygens (including phenoxy) is 1. The summed E-state index contributed by atoms with van der Waals surface area (Å²) in [4.78, 5) is 47.9. The molecule has 5 aromatic carbocycles. The standard InChI is InChI=1S/C60H70BrNO6SSi2/c1-11-42-26-24-25-35-49(42)51(66-43-36-38-44(39-37-43)67-70(58(3,4)5,45-27-16-12-17-28-45)46-29-18-13-19-30-46)40-50-53-52(41(2)54(61)69-53)56(64)62(55(50)63)60(9,10)57(65)68-71(59(6,7)8,47-31-20-14-21-32-47)48-33-22-15-23-34-48/h12-35,43-44,50-51H,11,36-40H2,1-10H3/t43?,44?,50?,51-/m0/s1. The lowest BCUT2D eigenvalue weighted by Crippen LogP contribution is -2.70. The number of benzene rings is 5. The lowest BCUT2D eigenvalue weighted by atomic mass is 9.84. The molecule has 2 amide bonds. The van der Waals surface area contributed by atoms with Gasteiger partial charge in [0, 0.05) is 11.0 Å². The van der Waals surface area contributed by atoms with E-state index in [0.29, 0.717) is 10.4 Å². The number of hydrogen-bond acceptors (Lipinski definition) is 7. The number of aryl methyl sites for hydroxylation is 1. The van der Waals surface area contributed by atoms with Gasteiger partial charge in [-0.3, -0.25) is 19.3 Å². The number of hydrogen-bond donors (Lipinski definition) is 0. The minimum absolute atomic E-state index is 0.0434. The predicted octanol–water partition coefficient (Wildman–Crippen LogP) is 12.4. The second kappa shape index (κ2) is 21.0. The fourth-order valence-electron chi connectivity index (χ4n) is 11.3. The first-order valence-corrected chi connectivity index (χ1v) is 30.7. The van der Waals surface area contributed by atoms with E-state index in [2.05, 4.69) is 143 Å². The van der Waals surface area contributed by atoms with Crippen molar-refractivity contribution in [2.45, 2.75) is 148 Å². The van der Waals surface area contributed by atoms with Gasteiger partial charge < -0.3 is 13.6 Å². The Morgan fingerprint density at radius 1 is 0.662 bits per heavy atom. The maximum atomic E-state index is 15.6. The van der Waals surface area contributed by atoms with Crippen LogP contribution in [0, 0.1) is 6.92 Å². The number of halogens is 1. The first kappa shape index (κ1) is 52.6. The van der Waals surface area contributed by atoms with Crippen LogP contribution in [0.3, 0.4) is 0 Å². The van der Waals surface area contributed by atoms with E-state index in [-0.39, 0.29) is 23.7 Å². The topological polar surface area (TPSA) is 82.1 Å². The summed E-state index contributed by atoms with van der Waals surface area (Å²) in [5.74, 6) is -2.31. The van der Waals surface area contributed by atoms with Crippen molar-refractivity contribution in [2.24, 2.45) is 0 Å². The molecule has 6 aromatic rings. The summed E-state index contributed by atoms with van der Waals surface area (Å²) >= 11 is 5.18. The molecule has 372 valence electrons. The Hall–Kier alpha value is -4.76. The van der Waals surface area contributed by atoms with E-state index >= 15 is 14.4 Å². The van der Waals surface area contributed by atoms with Gasteiger partial charge in [-0.2, -0.15) is 0 Å². The number of carbonyl (C=O) groups excluding carboxylic acids is 3. The van der Waals surface area contributed by atoms with Crippen LogP contribution in [0.15, 0.2) is 149 Å². The maximum Gasteiger partial charge on any atom is 0.323 e. The van der Waals surface area contributed by atoms with Crippen molar-refractivity contribution in [1.82, 2.24) is 4.90 Å². The van der Waals surface area contributed by atoms with Crippen molar-refractivity contribution in [3.8, 4) is 0 Å². The molecule has 0 N–H and O–H groups in total. The molecule has 0 radical (unpaired) electrons. The second-order valence-corrected chi connectivity index (χ2v) is 32.8. The van der Waals surface area contributed by atoms with Gasteiger partial charge in [0.2, 0.25) is 5.91 Å². The summed E-state index contributed by atoms with van der Waals surface area (Å²) < 4.78 is 22.8. The third kappa shape index (κ3) is 9.91. The average Bonchev–Trinajstić information content (AvgIpc) is 3.66. The smallest absolute Gasteiger partial charge is 0.323 e. The Morgan fingerprint density at radius 3 is 1.56 bits per heavy atom. The Balaban J connectivity index is 1.11. The molecular weight excluding hydrogens is 999 g/mol. The summed E-state index contributed by atoms with van der Waals surface area (Å²) in [7, 11) is -6.19. The molecule has 7 nitrogen and oxygen atoms in total. The molecule has 71 heavy (non-hydrogen) atoms. The van der Waals surface area contributed by atoms with Crippen LogP contribution in [0.25, 0.3) is 0 Å².